The Labute approximate surface area is 123 Å². The third kappa shape index (κ3) is 2.73. The van der Waals surface area contributed by atoms with E-state index < -0.39 is 0 Å². The first kappa shape index (κ1) is 16.7. The van der Waals surface area contributed by atoms with Crippen LogP contribution >= 0.6 is 0 Å². The largest absolute Gasteiger partial charge is 0.288 e. The molecule has 0 aliphatic heterocycles. The monoisotopic (exact) mass is 273 g/mol. The van der Waals surface area contributed by atoms with Gasteiger partial charge in [0, 0.05) is 5.57 Å². The van der Waals surface area contributed by atoms with Crippen LogP contribution in [-0.4, -0.2) is 5.78 Å². The van der Waals surface area contributed by atoms with Crippen molar-refractivity contribution in [2.24, 2.45) is 16.2 Å². The fourth-order valence-electron chi connectivity index (χ4n) is 2.92. The van der Waals surface area contributed by atoms with Crippen LogP contribution in [0.1, 0.15) is 62.3 Å². The second kappa shape index (κ2) is 4.58. The third-order valence-corrected chi connectivity index (χ3v) is 3.57. The molecule has 2 nitrogen and oxygen atoms in total. The Bertz CT molecular complexity index is 546. The zero-order chi connectivity index (χ0) is 16.1. The van der Waals surface area contributed by atoms with Gasteiger partial charge in [0.1, 0.15) is 11.6 Å². The van der Waals surface area contributed by atoms with Gasteiger partial charge < -0.3 is 0 Å². The average molecular weight is 273 g/mol. The molecule has 0 saturated heterocycles. The minimum atomic E-state index is -0.255. The van der Waals surface area contributed by atoms with Crippen molar-refractivity contribution in [2.45, 2.75) is 62.3 Å². The molecule has 0 aromatic heterocycles. The van der Waals surface area contributed by atoms with Crippen molar-refractivity contribution in [1.29, 1.82) is 5.26 Å². The van der Waals surface area contributed by atoms with Gasteiger partial charge in [-0.2, -0.15) is 5.26 Å². The SMILES string of the molecule is CC(C)(C)C1=C(C#N)C(=O)C(C(C)(C)C)=C1C(C)(C)C. The molecule has 20 heavy (non-hydrogen) atoms. The van der Waals surface area contributed by atoms with Gasteiger partial charge in [0.2, 0.25) is 5.78 Å². The number of carbonyl (C=O) groups is 1. The molecule has 0 saturated carbocycles. The molecule has 0 atom stereocenters. The van der Waals surface area contributed by atoms with Crippen LogP contribution in [0.25, 0.3) is 0 Å². The minimum Gasteiger partial charge on any atom is -0.288 e. The molecular formula is C18H27NO. The minimum absolute atomic E-state index is 0.0742. The number of carbonyl (C=O) groups excluding carboxylic acids is 1. The second-order valence-electron chi connectivity index (χ2n) is 8.69. The van der Waals surface area contributed by atoms with E-state index in [0.717, 1.165) is 16.7 Å². The number of nitrogens with zero attached hydrogens (tertiary/aromatic N) is 1. The van der Waals surface area contributed by atoms with Gasteiger partial charge in [0.05, 0.1) is 0 Å². The molecule has 0 aromatic carbocycles. The van der Waals surface area contributed by atoms with Gasteiger partial charge in [-0.25, -0.2) is 0 Å². The Morgan fingerprint density at radius 3 is 1.30 bits per heavy atom. The predicted molar refractivity (Wildman–Crippen MR) is 83.0 cm³/mol. The summed E-state index contributed by atoms with van der Waals surface area (Å²) in [5.74, 6) is -0.0742. The van der Waals surface area contributed by atoms with Gasteiger partial charge in [-0.05, 0) is 27.4 Å². The maximum Gasteiger partial charge on any atom is 0.200 e. The van der Waals surface area contributed by atoms with Crippen molar-refractivity contribution < 1.29 is 4.79 Å². The first-order valence-corrected chi connectivity index (χ1v) is 7.18. The standard InChI is InChI=1S/C18H27NO/c1-16(2,3)12-11(10-19)15(20)14(18(7,8)9)13(12)17(4,5)6/h1-9H3. The summed E-state index contributed by atoms with van der Waals surface area (Å²) in [6, 6.07) is 2.16. The van der Waals surface area contributed by atoms with E-state index in [1.54, 1.807) is 0 Å². The lowest BCUT2D eigenvalue weighted by Crippen LogP contribution is -2.24. The van der Waals surface area contributed by atoms with Crippen LogP contribution in [0.5, 0.6) is 0 Å². The van der Waals surface area contributed by atoms with E-state index in [1.807, 2.05) is 20.8 Å². The Morgan fingerprint density at radius 1 is 0.700 bits per heavy atom. The molecule has 110 valence electrons. The molecule has 0 N–H and O–H groups in total. The molecule has 0 fully saturated rings. The average Bonchev–Trinajstić information content (AvgIpc) is 2.48. The number of nitriles is 1. The van der Waals surface area contributed by atoms with Crippen molar-refractivity contribution in [3.8, 4) is 6.07 Å². The molecule has 0 heterocycles. The van der Waals surface area contributed by atoms with E-state index in [9.17, 15) is 10.1 Å². The summed E-state index contributed by atoms with van der Waals surface area (Å²) in [6.07, 6.45) is 0. The van der Waals surface area contributed by atoms with Crippen LogP contribution in [0.4, 0.5) is 0 Å². The molecular weight excluding hydrogens is 246 g/mol. The second-order valence-corrected chi connectivity index (χ2v) is 8.69. The molecule has 0 unspecified atom stereocenters. The fraction of sp³-hybridized carbons (Fsp3) is 0.667. The van der Waals surface area contributed by atoms with E-state index in [1.165, 1.54) is 0 Å². The van der Waals surface area contributed by atoms with E-state index in [0.29, 0.717) is 5.57 Å². The smallest absolute Gasteiger partial charge is 0.200 e. The van der Waals surface area contributed by atoms with Gasteiger partial charge in [0.25, 0.3) is 0 Å². The highest BCUT2D eigenvalue weighted by molar-refractivity contribution is 6.17. The zero-order valence-electron chi connectivity index (χ0n) is 14.4. The van der Waals surface area contributed by atoms with Crippen LogP contribution in [0, 0.1) is 27.6 Å². The van der Waals surface area contributed by atoms with Crippen molar-refractivity contribution in [2.75, 3.05) is 0 Å². The summed E-state index contributed by atoms with van der Waals surface area (Å²) >= 11 is 0. The Hall–Kier alpha value is -1.36. The van der Waals surface area contributed by atoms with Crippen LogP contribution in [0.15, 0.2) is 22.3 Å². The lowest BCUT2D eigenvalue weighted by atomic mass is 9.69. The Morgan fingerprint density at radius 2 is 1.05 bits per heavy atom. The van der Waals surface area contributed by atoms with Crippen molar-refractivity contribution in [1.82, 2.24) is 0 Å². The zero-order valence-corrected chi connectivity index (χ0v) is 14.4. The van der Waals surface area contributed by atoms with Crippen LogP contribution in [0.3, 0.4) is 0 Å². The molecule has 0 bridgehead atoms. The normalized spacial score (nSPS) is 17.9. The number of Topliss-reactive ketones (excluding diaryl/α,β-unsaturated/α-hetero) is 1. The summed E-state index contributed by atoms with van der Waals surface area (Å²) in [5, 5.41) is 9.48. The number of hydrogen-bond acceptors (Lipinski definition) is 2. The highest BCUT2D eigenvalue weighted by Crippen LogP contribution is 2.51. The summed E-state index contributed by atoms with van der Waals surface area (Å²) in [7, 11) is 0. The Balaban J connectivity index is 3.84. The topological polar surface area (TPSA) is 40.9 Å². The van der Waals surface area contributed by atoms with Crippen molar-refractivity contribution >= 4 is 5.78 Å². The first-order chi connectivity index (χ1) is 8.73. The van der Waals surface area contributed by atoms with Gasteiger partial charge in [-0.1, -0.05) is 62.3 Å². The van der Waals surface area contributed by atoms with Gasteiger partial charge in [0.15, 0.2) is 0 Å². The molecule has 2 heteroatoms. The summed E-state index contributed by atoms with van der Waals surface area (Å²) in [6.45, 7) is 18.7. The molecule has 0 spiro atoms. The fourth-order valence-corrected chi connectivity index (χ4v) is 2.92. The number of allylic oxidation sites excluding steroid dienone is 4. The molecule has 0 radical (unpaired) electrons. The maximum absolute atomic E-state index is 12.8. The molecule has 1 aliphatic carbocycles. The molecule has 1 aliphatic rings. The molecule has 1 rings (SSSR count). The Kier molecular flexibility index (Phi) is 3.83. The number of hydrogen-bond donors (Lipinski definition) is 0. The predicted octanol–water partition coefficient (Wildman–Crippen LogP) is 4.82. The van der Waals surface area contributed by atoms with Gasteiger partial charge >= 0.3 is 0 Å². The summed E-state index contributed by atoms with van der Waals surface area (Å²) in [4.78, 5) is 12.8. The van der Waals surface area contributed by atoms with Crippen LogP contribution in [-0.2, 0) is 4.79 Å². The van der Waals surface area contributed by atoms with Gasteiger partial charge in [-0.15, -0.1) is 0 Å². The highest BCUT2D eigenvalue weighted by atomic mass is 16.1. The molecule has 0 aromatic rings. The van der Waals surface area contributed by atoms with Crippen molar-refractivity contribution in [3.63, 3.8) is 0 Å². The summed E-state index contributed by atoms with van der Waals surface area (Å²) in [5.41, 5.74) is 2.53. The van der Waals surface area contributed by atoms with E-state index in [-0.39, 0.29) is 22.0 Å². The number of ketones is 1. The quantitative estimate of drug-likeness (QED) is 0.634. The van der Waals surface area contributed by atoms with Crippen LogP contribution < -0.4 is 0 Å². The van der Waals surface area contributed by atoms with Crippen LogP contribution in [0.2, 0.25) is 0 Å². The lowest BCUT2D eigenvalue weighted by molar-refractivity contribution is -0.112. The maximum atomic E-state index is 12.8. The van der Waals surface area contributed by atoms with Gasteiger partial charge in [-0.3, -0.25) is 4.79 Å². The third-order valence-electron chi connectivity index (χ3n) is 3.57. The summed E-state index contributed by atoms with van der Waals surface area (Å²) < 4.78 is 0. The van der Waals surface area contributed by atoms with E-state index in [2.05, 4.69) is 47.6 Å². The van der Waals surface area contributed by atoms with E-state index in [4.69, 9.17) is 0 Å². The lowest BCUT2D eigenvalue weighted by Gasteiger charge is -2.34. The number of rotatable bonds is 0. The van der Waals surface area contributed by atoms with Crippen molar-refractivity contribution in [3.05, 3.63) is 22.3 Å². The first-order valence-electron chi connectivity index (χ1n) is 7.18. The molecule has 0 amide bonds. The highest BCUT2D eigenvalue weighted by Gasteiger charge is 2.45. The van der Waals surface area contributed by atoms with E-state index >= 15 is 0 Å².